The number of thioether (sulfide) groups is 1. The lowest BCUT2D eigenvalue weighted by atomic mass is 10.1. The van der Waals surface area contributed by atoms with Gasteiger partial charge in [0.1, 0.15) is 0 Å². The first-order chi connectivity index (χ1) is 9.74. The summed E-state index contributed by atoms with van der Waals surface area (Å²) in [6.45, 7) is 2.00. The second kappa shape index (κ2) is 5.67. The maximum absolute atomic E-state index is 12.4. The van der Waals surface area contributed by atoms with E-state index in [4.69, 9.17) is 0 Å². The topological polar surface area (TPSA) is 42.0 Å². The van der Waals surface area contributed by atoms with E-state index in [2.05, 4.69) is 22.4 Å². The van der Waals surface area contributed by atoms with Crippen molar-refractivity contribution >= 4 is 17.7 Å². The molecule has 0 unspecified atom stereocenters. The molecule has 4 heteroatoms. The first kappa shape index (κ1) is 13.2. The molecule has 1 amide bonds. The lowest BCUT2D eigenvalue weighted by molar-refractivity contribution is -0.121. The summed E-state index contributed by atoms with van der Waals surface area (Å²) in [6.07, 6.45) is 4.31. The van der Waals surface area contributed by atoms with Crippen LogP contribution < -0.4 is 5.32 Å². The number of fused-ring (bicyclic) bond motifs is 1. The van der Waals surface area contributed by atoms with Crippen LogP contribution in [0.1, 0.15) is 24.1 Å². The smallest absolute Gasteiger partial charge is 0.234 e. The first-order valence-corrected chi connectivity index (χ1v) is 7.57. The second-order valence-electron chi connectivity index (χ2n) is 4.93. The van der Waals surface area contributed by atoms with Gasteiger partial charge in [-0.25, -0.2) is 0 Å². The number of nitrogens with zero attached hydrogens (tertiary/aromatic N) is 1. The molecule has 2 aromatic rings. The zero-order chi connectivity index (χ0) is 13.9. The van der Waals surface area contributed by atoms with Crippen LogP contribution in [0.25, 0.3) is 0 Å². The van der Waals surface area contributed by atoms with Gasteiger partial charge in [0.25, 0.3) is 0 Å². The zero-order valence-electron chi connectivity index (χ0n) is 11.2. The highest BCUT2D eigenvalue weighted by Gasteiger charge is 2.28. The Morgan fingerprint density at radius 2 is 2.05 bits per heavy atom. The van der Waals surface area contributed by atoms with E-state index in [0.717, 1.165) is 12.0 Å². The number of carbonyl (C=O) groups is 1. The Bertz CT molecular complexity index is 590. The predicted octanol–water partition coefficient (Wildman–Crippen LogP) is 2.98. The number of nitrogens with one attached hydrogen (secondary N) is 1. The molecule has 2 atom stereocenters. The van der Waals surface area contributed by atoms with Gasteiger partial charge >= 0.3 is 0 Å². The molecule has 20 heavy (non-hydrogen) atoms. The second-order valence-corrected chi connectivity index (χ2v) is 6.17. The van der Waals surface area contributed by atoms with Gasteiger partial charge in [0.15, 0.2) is 0 Å². The summed E-state index contributed by atoms with van der Waals surface area (Å²) in [5.74, 6) is 0.107. The van der Waals surface area contributed by atoms with Gasteiger partial charge in [0, 0.05) is 17.3 Å². The molecule has 0 saturated heterocycles. The summed E-state index contributed by atoms with van der Waals surface area (Å²) in [5.41, 5.74) is 2.35. The normalized spacial score (nSPS) is 18.4. The Kier molecular flexibility index (Phi) is 3.74. The van der Waals surface area contributed by atoms with Crippen molar-refractivity contribution in [2.75, 3.05) is 0 Å². The number of rotatable bonds is 3. The minimum absolute atomic E-state index is 0.00909. The van der Waals surface area contributed by atoms with Crippen molar-refractivity contribution in [2.24, 2.45) is 0 Å². The van der Waals surface area contributed by atoms with Crippen LogP contribution in [-0.2, 0) is 11.2 Å². The Morgan fingerprint density at radius 1 is 1.30 bits per heavy atom. The molecule has 0 spiro atoms. The molecule has 3 nitrogen and oxygen atoms in total. The van der Waals surface area contributed by atoms with Gasteiger partial charge in [-0.1, -0.05) is 18.2 Å². The first-order valence-electron chi connectivity index (χ1n) is 6.69. The fourth-order valence-electron chi connectivity index (χ4n) is 2.37. The van der Waals surface area contributed by atoms with Crippen molar-refractivity contribution < 1.29 is 4.79 Å². The summed E-state index contributed by atoms with van der Waals surface area (Å²) in [5, 5.41) is 3.07. The highest BCUT2D eigenvalue weighted by atomic mass is 32.2. The van der Waals surface area contributed by atoms with E-state index in [1.165, 1.54) is 10.5 Å². The molecule has 1 aliphatic heterocycles. The SMILES string of the molecule is C[C@@H](NC(=O)[C@H]1Cc2ccccc2S1)c1ccncc1. The largest absolute Gasteiger partial charge is 0.349 e. The summed E-state index contributed by atoms with van der Waals surface area (Å²) in [4.78, 5) is 17.6. The standard InChI is InChI=1S/C16H16N2OS/c1-11(12-6-8-17-9-7-12)18-16(19)15-10-13-4-2-3-5-14(13)20-15/h2-9,11,15H,10H2,1H3,(H,18,19)/t11-,15-/m1/s1. The van der Waals surface area contributed by atoms with Crippen LogP contribution in [-0.4, -0.2) is 16.1 Å². The van der Waals surface area contributed by atoms with Gasteiger partial charge in [-0.05, 0) is 42.7 Å². The molecule has 0 fully saturated rings. The Labute approximate surface area is 122 Å². The van der Waals surface area contributed by atoms with Crippen LogP contribution in [0.3, 0.4) is 0 Å². The summed E-state index contributed by atoms with van der Waals surface area (Å²) in [7, 11) is 0. The highest BCUT2D eigenvalue weighted by Crippen LogP contribution is 2.37. The van der Waals surface area contributed by atoms with Crippen molar-refractivity contribution in [1.29, 1.82) is 0 Å². The highest BCUT2D eigenvalue weighted by molar-refractivity contribution is 8.01. The Hall–Kier alpha value is -1.81. The van der Waals surface area contributed by atoms with E-state index >= 15 is 0 Å². The Balaban J connectivity index is 1.64. The molecule has 0 bridgehead atoms. The fourth-order valence-corrected chi connectivity index (χ4v) is 3.57. The third-order valence-corrected chi connectivity index (χ3v) is 4.82. The average Bonchev–Trinajstić information content (AvgIpc) is 2.92. The van der Waals surface area contributed by atoms with Gasteiger partial charge in [-0.15, -0.1) is 11.8 Å². The van der Waals surface area contributed by atoms with Crippen LogP contribution in [0.5, 0.6) is 0 Å². The third-order valence-electron chi connectivity index (χ3n) is 3.50. The quantitative estimate of drug-likeness (QED) is 0.942. The van der Waals surface area contributed by atoms with Gasteiger partial charge < -0.3 is 5.32 Å². The monoisotopic (exact) mass is 284 g/mol. The minimum atomic E-state index is -0.0170. The number of aromatic nitrogens is 1. The summed E-state index contributed by atoms with van der Waals surface area (Å²) < 4.78 is 0. The van der Waals surface area contributed by atoms with E-state index in [9.17, 15) is 4.79 Å². The fraction of sp³-hybridized carbons (Fsp3) is 0.250. The molecular weight excluding hydrogens is 268 g/mol. The van der Waals surface area contributed by atoms with Crippen molar-refractivity contribution in [1.82, 2.24) is 10.3 Å². The van der Waals surface area contributed by atoms with E-state index in [1.54, 1.807) is 24.2 Å². The maximum atomic E-state index is 12.4. The number of amides is 1. The van der Waals surface area contributed by atoms with Gasteiger partial charge in [0.05, 0.1) is 11.3 Å². The minimum Gasteiger partial charge on any atom is -0.349 e. The van der Waals surface area contributed by atoms with Crippen molar-refractivity contribution in [3.63, 3.8) is 0 Å². The lowest BCUT2D eigenvalue weighted by Gasteiger charge is -2.16. The average molecular weight is 284 g/mol. The number of hydrogen-bond acceptors (Lipinski definition) is 3. The van der Waals surface area contributed by atoms with Crippen molar-refractivity contribution in [3.8, 4) is 0 Å². The molecule has 1 aromatic heterocycles. The van der Waals surface area contributed by atoms with Crippen LogP contribution in [0.4, 0.5) is 0 Å². The van der Waals surface area contributed by atoms with E-state index in [1.807, 2.05) is 31.2 Å². The molecule has 2 heterocycles. The van der Waals surface area contributed by atoms with E-state index in [-0.39, 0.29) is 17.2 Å². The molecule has 0 saturated carbocycles. The van der Waals surface area contributed by atoms with Crippen LogP contribution >= 0.6 is 11.8 Å². The van der Waals surface area contributed by atoms with Gasteiger partial charge in [-0.2, -0.15) is 0 Å². The number of hydrogen-bond donors (Lipinski definition) is 1. The third kappa shape index (κ3) is 2.70. The molecular formula is C16H16N2OS. The van der Waals surface area contributed by atoms with Crippen molar-refractivity contribution in [3.05, 3.63) is 59.9 Å². The molecule has 102 valence electrons. The zero-order valence-corrected chi connectivity index (χ0v) is 12.1. The molecule has 0 aliphatic carbocycles. The van der Waals surface area contributed by atoms with E-state index in [0.29, 0.717) is 0 Å². The van der Waals surface area contributed by atoms with Crippen LogP contribution in [0, 0.1) is 0 Å². The molecule has 0 radical (unpaired) electrons. The Morgan fingerprint density at radius 3 is 2.80 bits per heavy atom. The number of benzene rings is 1. The van der Waals surface area contributed by atoms with Gasteiger partial charge in [0.2, 0.25) is 5.91 Å². The van der Waals surface area contributed by atoms with E-state index < -0.39 is 0 Å². The maximum Gasteiger partial charge on any atom is 0.234 e. The van der Waals surface area contributed by atoms with Crippen molar-refractivity contribution in [2.45, 2.75) is 29.5 Å². The molecule has 1 aliphatic rings. The summed E-state index contributed by atoms with van der Waals surface area (Å²) in [6, 6.07) is 12.1. The molecule has 1 aromatic carbocycles. The summed E-state index contributed by atoms with van der Waals surface area (Å²) >= 11 is 1.66. The van der Waals surface area contributed by atoms with Gasteiger partial charge in [-0.3, -0.25) is 9.78 Å². The molecule has 3 rings (SSSR count). The van der Waals surface area contributed by atoms with Crippen LogP contribution in [0.2, 0.25) is 0 Å². The number of carbonyl (C=O) groups excluding carboxylic acids is 1. The molecule has 1 N–H and O–H groups in total. The van der Waals surface area contributed by atoms with Crippen LogP contribution in [0.15, 0.2) is 53.7 Å². The predicted molar refractivity (Wildman–Crippen MR) is 80.6 cm³/mol. The lowest BCUT2D eigenvalue weighted by Crippen LogP contribution is -2.34. The number of pyridine rings is 1.